The molecule has 0 aromatic heterocycles. The van der Waals surface area contributed by atoms with E-state index in [0.29, 0.717) is 0 Å². The van der Waals surface area contributed by atoms with Crippen molar-refractivity contribution in [1.29, 1.82) is 0 Å². The molecule has 0 N–H and O–H groups in total. The molecule has 4 heteroatoms. The summed E-state index contributed by atoms with van der Waals surface area (Å²) in [4.78, 5) is 2.70. The number of hydrazine groups is 1. The zero-order chi connectivity index (χ0) is 16.4. The van der Waals surface area contributed by atoms with Crippen LogP contribution in [0, 0.1) is 11.9 Å². The second-order valence-electron chi connectivity index (χ2n) is 7.49. The normalized spacial score (nSPS) is 25.7. The van der Waals surface area contributed by atoms with Gasteiger partial charge in [0.05, 0.1) is 6.04 Å². The van der Waals surface area contributed by atoms with Crippen LogP contribution in [-0.2, 0) is 6.42 Å². The Balaban J connectivity index is 1.38. The molecule has 1 radical (unpaired) electrons. The van der Waals surface area contributed by atoms with Gasteiger partial charge in [-0.1, -0.05) is 24.6 Å². The van der Waals surface area contributed by atoms with Crippen LogP contribution in [0.15, 0.2) is 24.3 Å². The Bertz CT molecular complexity index is 545. The first-order valence-corrected chi connectivity index (χ1v) is 9.66. The Morgan fingerprint density at radius 2 is 1.79 bits per heavy atom. The zero-order valence-corrected chi connectivity index (χ0v) is 14.6. The predicted octanol–water partition coefficient (Wildman–Crippen LogP) is 3.47. The highest BCUT2D eigenvalue weighted by Crippen LogP contribution is 2.31. The van der Waals surface area contributed by atoms with Gasteiger partial charge >= 0.3 is 0 Å². The van der Waals surface area contributed by atoms with Gasteiger partial charge in [-0.25, -0.2) is 14.4 Å². The average molecular weight is 330 g/mol. The van der Waals surface area contributed by atoms with E-state index in [4.69, 9.17) is 0 Å². The Morgan fingerprint density at radius 3 is 2.58 bits per heavy atom. The number of hydrogen-bond donors (Lipinski definition) is 0. The van der Waals surface area contributed by atoms with Crippen LogP contribution in [0.1, 0.15) is 44.1 Å². The molecule has 3 nitrogen and oxygen atoms in total. The number of hydrogen-bond acceptors (Lipinski definition) is 3. The van der Waals surface area contributed by atoms with Gasteiger partial charge in [-0.2, -0.15) is 0 Å². The Morgan fingerprint density at radius 1 is 0.917 bits per heavy atom. The van der Waals surface area contributed by atoms with Crippen molar-refractivity contribution in [1.82, 2.24) is 14.9 Å². The summed E-state index contributed by atoms with van der Waals surface area (Å²) in [5.74, 6) is -0.0659. The van der Waals surface area contributed by atoms with Gasteiger partial charge in [-0.15, -0.1) is 0 Å². The number of halogens is 1. The Labute approximate surface area is 145 Å². The summed E-state index contributed by atoms with van der Waals surface area (Å²) in [7, 11) is 0. The SMILES string of the molecule is Fc1ccccc1C[C]1CCCN1N1CCCN(C2CCC2)CC1. The van der Waals surface area contributed by atoms with Crippen LogP contribution < -0.4 is 0 Å². The van der Waals surface area contributed by atoms with E-state index in [9.17, 15) is 4.39 Å². The third-order valence-corrected chi connectivity index (χ3v) is 5.99. The quantitative estimate of drug-likeness (QED) is 0.837. The van der Waals surface area contributed by atoms with E-state index < -0.39 is 0 Å². The molecule has 1 saturated carbocycles. The van der Waals surface area contributed by atoms with Crippen molar-refractivity contribution in [3.05, 3.63) is 41.7 Å². The highest BCUT2D eigenvalue weighted by molar-refractivity contribution is 5.21. The topological polar surface area (TPSA) is 9.72 Å². The van der Waals surface area contributed by atoms with E-state index in [1.54, 1.807) is 12.1 Å². The highest BCUT2D eigenvalue weighted by atomic mass is 19.1. The molecule has 4 rings (SSSR count). The van der Waals surface area contributed by atoms with Gasteiger partial charge in [0.25, 0.3) is 0 Å². The molecule has 1 aromatic carbocycles. The van der Waals surface area contributed by atoms with Gasteiger partial charge in [0, 0.05) is 32.2 Å². The van der Waals surface area contributed by atoms with E-state index >= 15 is 0 Å². The zero-order valence-electron chi connectivity index (χ0n) is 14.6. The lowest BCUT2D eigenvalue weighted by atomic mass is 9.91. The molecule has 0 spiro atoms. The summed E-state index contributed by atoms with van der Waals surface area (Å²) in [6.45, 7) is 5.81. The van der Waals surface area contributed by atoms with Gasteiger partial charge in [0.15, 0.2) is 0 Å². The second-order valence-corrected chi connectivity index (χ2v) is 7.49. The first-order chi connectivity index (χ1) is 11.8. The van der Waals surface area contributed by atoms with Gasteiger partial charge in [-0.05, 0) is 56.7 Å². The van der Waals surface area contributed by atoms with Crippen molar-refractivity contribution >= 4 is 0 Å². The van der Waals surface area contributed by atoms with Gasteiger partial charge in [0.1, 0.15) is 5.82 Å². The summed E-state index contributed by atoms with van der Waals surface area (Å²) in [5.41, 5.74) is 0.838. The van der Waals surface area contributed by atoms with E-state index in [0.717, 1.165) is 44.1 Å². The molecule has 24 heavy (non-hydrogen) atoms. The maximum atomic E-state index is 14.0. The minimum atomic E-state index is -0.0659. The largest absolute Gasteiger partial charge is 0.299 e. The minimum Gasteiger partial charge on any atom is -0.299 e. The third kappa shape index (κ3) is 3.51. The van der Waals surface area contributed by atoms with E-state index in [1.165, 1.54) is 51.2 Å². The van der Waals surface area contributed by atoms with Crippen LogP contribution in [0.25, 0.3) is 0 Å². The molecule has 0 amide bonds. The fourth-order valence-electron chi connectivity index (χ4n) is 4.38. The van der Waals surface area contributed by atoms with Crippen molar-refractivity contribution < 1.29 is 4.39 Å². The van der Waals surface area contributed by atoms with Crippen molar-refractivity contribution in [2.75, 3.05) is 32.7 Å². The van der Waals surface area contributed by atoms with Gasteiger partial charge in [-0.3, -0.25) is 4.90 Å². The van der Waals surface area contributed by atoms with Crippen molar-refractivity contribution in [3.8, 4) is 0 Å². The first-order valence-electron chi connectivity index (χ1n) is 9.66. The molecule has 131 valence electrons. The maximum Gasteiger partial charge on any atom is 0.126 e. The lowest BCUT2D eigenvalue weighted by Gasteiger charge is -2.38. The fourth-order valence-corrected chi connectivity index (χ4v) is 4.38. The Kier molecular flexibility index (Phi) is 5.16. The highest BCUT2D eigenvalue weighted by Gasteiger charge is 2.33. The smallest absolute Gasteiger partial charge is 0.126 e. The lowest BCUT2D eigenvalue weighted by molar-refractivity contribution is 0.0000619. The van der Waals surface area contributed by atoms with Crippen LogP contribution in [0.5, 0.6) is 0 Å². The Hall–Kier alpha value is -0.970. The van der Waals surface area contributed by atoms with Gasteiger partial charge < -0.3 is 0 Å². The number of benzene rings is 1. The molecule has 2 heterocycles. The molecule has 0 bridgehead atoms. The minimum absolute atomic E-state index is 0.0659. The van der Waals surface area contributed by atoms with Crippen LogP contribution in [0.3, 0.4) is 0 Å². The molecule has 0 unspecified atom stereocenters. The average Bonchev–Trinajstić information content (AvgIpc) is 2.86. The van der Waals surface area contributed by atoms with Crippen LogP contribution in [0.4, 0.5) is 4.39 Å². The van der Waals surface area contributed by atoms with Crippen LogP contribution in [-0.4, -0.2) is 53.7 Å². The van der Waals surface area contributed by atoms with E-state index in [2.05, 4.69) is 14.9 Å². The fraction of sp³-hybridized carbons (Fsp3) is 0.650. The molecule has 3 fully saturated rings. The molecule has 1 aromatic rings. The van der Waals surface area contributed by atoms with Gasteiger partial charge in [0.2, 0.25) is 0 Å². The molecule has 1 aliphatic carbocycles. The standard InChI is InChI=1S/C20H29FN3/c21-20-10-2-1-6-17(20)16-19-9-4-13-24(19)23-12-5-11-22(14-15-23)18-7-3-8-18/h1-2,6,10,18H,3-5,7-9,11-16H2. The number of nitrogens with zero attached hydrogens (tertiary/aromatic N) is 3. The monoisotopic (exact) mass is 330 g/mol. The van der Waals surface area contributed by atoms with E-state index in [-0.39, 0.29) is 5.82 Å². The van der Waals surface area contributed by atoms with Crippen LogP contribution in [0.2, 0.25) is 0 Å². The third-order valence-electron chi connectivity index (χ3n) is 5.99. The van der Waals surface area contributed by atoms with Crippen molar-refractivity contribution in [2.24, 2.45) is 0 Å². The van der Waals surface area contributed by atoms with Crippen molar-refractivity contribution in [3.63, 3.8) is 0 Å². The molecular weight excluding hydrogens is 301 g/mol. The molecular formula is C20H29FN3. The molecule has 2 aliphatic heterocycles. The molecule has 3 aliphatic rings. The molecule has 2 saturated heterocycles. The predicted molar refractivity (Wildman–Crippen MR) is 94.7 cm³/mol. The summed E-state index contributed by atoms with van der Waals surface area (Å²) in [6.07, 6.45) is 8.53. The second kappa shape index (κ2) is 7.51. The van der Waals surface area contributed by atoms with Crippen LogP contribution >= 0.6 is 0 Å². The summed E-state index contributed by atoms with van der Waals surface area (Å²) in [6, 6.07) is 9.49. The number of rotatable bonds is 4. The maximum absolute atomic E-state index is 14.0. The lowest BCUT2D eigenvalue weighted by Crippen LogP contribution is -2.46. The summed E-state index contributed by atoms with van der Waals surface area (Å²) >= 11 is 0. The first kappa shape index (κ1) is 16.5. The van der Waals surface area contributed by atoms with Crippen molar-refractivity contribution in [2.45, 2.75) is 51.0 Å². The molecule has 0 atom stereocenters. The summed E-state index contributed by atoms with van der Waals surface area (Å²) < 4.78 is 14.0. The summed E-state index contributed by atoms with van der Waals surface area (Å²) in [5, 5.41) is 5.03. The van der Waals surface area contributed by atoms with E-state index in [1.807, 2.05) is 12.1 Å².